The van der Waals surface area contributed by atoms with E-state index in [1.165, 1.54) is 0 Å². The molecule has 0 radical (unpaired) electrons. The van der Waals surface area contributed by atoms with Crippen LogP contribution in [0.1, 0.15) is 25.1 Å². The monoisotopic (exact) mass is 450 g/mol. The zero-order chi connectivity index (χ0) is 23.5. The minimum Gasteiger partial charge on any atom is -0.292 e. The topological polar surface area (TPSA) is 70.5 Å². The Hall–Kier alpha value is -4.26. The van der Waals surface area contributed by atoms with Crippen molar-refractivity contribution in [1.82, 2.24) is 29.3 Å². The number of nitrogens with zero attached hydrogens (tertiary/aromatic N) is 6. The first-order valence-corrected chi connectivity index (χ1v) is 11.4. The molecule has 0 aliphatic heterocycles. The molecule has 0 unspecified atom stereocenters. The third kappa shape index (κ3) is 4.32. The summed E-state index contributed by atoms with van der Waals surface area (Å²) in [5.74, 6) is 0.447. The summed E-state index contributed by atoms with van der Waals surface area (Å²) < 4.78 is 5.29. The lowest BCUT2D eigenvalue weighted by atomic mass is 10.0. The van der Waals surface area contributed by atoms with Gasteiger partial charge in [-0.25, -0.2) is 4.79 Å². The molecule has 170 valence electrons. The maximum Gasteiger partial charge on any atom is 0.333 e. The van der Waals surface area contributed by atoms with Crippen LogP contribution in [0, 0.1) is 5.92 Å². The first-order valence-electron chi connectivity index (χ1n) is 11.4. The Bertz CT molecular complexity index is 1430. The molecular formula is C27H26N6O. The van der Waals surface area contributed by atoms with Crippen LogP contribution < -0.4 is 5.69 Å². The lowest BCUT2D eigenvalue weighted by Crippen LogP contribution is -2.25. The van der Waals surface area contributed by atoms with Gasteiger partial charge in [-0.2, -0.15) is 4.68 Å². The SMILES string of the molecule is CC(C)Cc1cn(-c2ccccc2)c(=O)n1Cc1ccc(-c2ccccc2-n2cnnn2)cc1. The van der Waals surface area contributed by atoms with Gasteiger partial charge in [0, 0.05) is 17.5 Å². The van der Waals surface area contributed by atoms with E-state index in [0.29, 0.717) is 12.5 Å². The number of para-hydroxylation sites is 2. The lowest BCUT2D eigenvalue weighted by Gasteiger charge is -2.11. The average molecular weight is 451 g/mol. The van der Waals surface area contributed by atoms with Crippen LogP contribution in [0.5, 0.6) is 0 Å². The maximum absolute atomic E-state index is 13.3. The van der Waals surface area contributed by atoms with Gasteiger partial charge < -0.3 is 0 Å². The third-order valence-electron chi connectivity index (χ3n) is 5.82. The molecule has 0 aliphatic rings. The van der Waals surface area contributed by atoms with Crippen LogP contribution >= 0.6 is 0 Å². The third-order valence-corrected chi connectivity index (χ3v) is 5.82. The van der Waals surface area contributed by atoms with Crippen molar-refractivity contribution >= 4 is 0 Å². The highest BCUT2D eigenvalue weighted by Crippen LogP contribution is 2.26. The molecule has 7 heteroatoms. The quantitative estimate of drug-likeness (QED) is 0.365. The Kier molecular flexibility index (Phi) is 5.91. The smallest absolute Gasteiger partial charge is 0.292 e. The minimum absolute atomic E-state index is 0.0186. The van der Waals surface area contributed by atoms with Gasteiger partial charge in [0.1, 0.15) is 6.33 Å². The fourth-order valence-corrected chi connectivity index (χ4v) is 4.21. The van der Waals surface area contributed by atoms with E-state index < -0.39 is 0 Å². The molecule has 0 atom stereocenters. The van der Waals surface area contributed by atoms with Gasteiger partial charge in [-0.1, -0.05) is 74.5 Å². The van der Waals surface area contributed by atoms with Gasteiger partial charge in [-0.05, 0) is 52.1 Å². The highest BCUT2D eigenvalue weighted by molar-refractivity contribution is 5.72. The number of benzene rings is 3. The summed E-state index contributed by atoms with van der Waals surface area (Å²) in [5, 5.41) is 11.5. The molecule has 0 aliphatic carbocycles. The summed E-state index contributed by atoms with van der Waals surface area (Å²) in [6.45, 7) is 4.87. The molecule has 0 bridgehead atoms. The highest BCUT2D eigenvalue weighted by Gasteiger charge is 2.15. The van der Waals surface area contributed by atoms with Gasteiger partial charge in [-0.15, -0.1) is 5.10 Å². The van der Waals surface area contributed by atoms with Crippen molar-refractivity contribution in [3.05, 3.63) is 113 Å². The minimum atomic E-state index is -0.0186. The van der Waals surface area contributed by atoms with Gasteiger partial charge in [0.05, 0.1) is 17.9 Å². The fourth-order valence-electron chi connectivity index (χ4n) is 4.21. The number of hydrogen-bond donors (Lipinski definition) is 0. The summed E-state index contributed by atoms with van der Waals surface area (Å²) in [5.41, 5.74) is 5.98. The number of rotatable bonds is 7. The lowest BCUT2D eigenvalue weighted by molar-refractivity contribution is 0.597. The molecule has 5 rings (SSSR count). The Balaban J connectivity index is 1.47. The zero-order valence-electron chi connectivity index (χ0n) is 19.2. The number of hydrogen-bond acceptors (Lipinski definition) is 4. The van der Waals surface area contributed by atoms with E-state index in [1.807, 2.05) is 59.3 Å². The number of aromatic nitrogens is 6. The van der Waals surface area contributed by atoms with E-state index in [2.05, 4.69) is 59.7 Å². The van der Waals surface area contributed by atoms with Crippen molar-refractivity contribution in [2.45, 2.75) is 26.8 Å². The van der Waals surface area contributed by atoms with Crippen LogP contribution in [0.4, 0.5) is 0 Å². The van der Waals surface area contributed by atoms with Gasteiger partial charge in [0.15, 0.2) is 0 Å². The van der Waals surface area contributed by atoms with E-state index in [1.54, 1.807) is 15.6 Å². The van der Waals surface area contributed by atoms with E-state index in [9.17, 15) is 4.79 Å². The molecule has 0 saturated heterocycles. The summed E-state index contributed by atoms with van der Waals surface area (Å²) in [6, 6.07) is 26.1. The summed E-state index contributed by atoms with van der Waals surface area (Å²) >= 11 is 0. The van der Waals surface area contributed by atoms with Crippen molar-refractivity contribution < 1.29 is 0 Å². The van der Waals surface area contributed by atoms with Crippen LogP contribution in [0.15, 0.2) is 96.2 Å². The van der Waals surface area contributed by atoms with Crippen molar-refractivity contribution in [1.29, 1.82) is 0 Å². The second-order valence-electron chi connectivity index (χ2n) is 8.76. The van der Waals surface area contributed by atoms with Crippen LogP contribution in [0.3, 0.4) is 0 Å². The Morgan fingerprint density at radius 2 is 1.62 bits per heavy atom. The van der Waals surface area contributed by atoms with Crippen LogP contribution in [0.25, 0.3) is 22.5 Å². The molecule has 2 aromatic heterocycles. The van der Waals surface area contributed by atoms with E-state index in [-0.39, 0.29) is 5.69 Å². The van der Waals surface area contributed by atoms with Crippen LogP contribution in [-0.4, -0.2) is 29.3 Å². The predicted octanol–water partition coefficient (Wildman–Crippen LogP) is 4.53. The first-order chi connectivity index (χ1) is 16.6. The maximum atomic E-state index is 13.3. The van der Waals surface area contributed by atoms with E-state index in [4.69, 9.17) is 0 Å². The van der Waals surface area contributed by atoms with Gasteiger partial charge in [-0.3, -0.25) is 9.13 Å². The molecule has 0 saturated carbocycles. The summed E-state index contributed by atoms with van der Waals surface area (Å²) in [7, 11) is 0. The summed E-state index contributed by atoms with van der Waals surface area (Å²) in [6.07, 6.45) is 4.41. The summed E-state index contributed by atoms with van der Waals surface area (Å²) in [4.78, 5) is 13.3. The Morgan fingerprint density at radius 1 is 0.882 bits per heavy atom. The fraction of sp³-hybridized carbons (Fsp3) is 0.185. The molecule has 0 N–H and O–H groups in total. The normalized spacial score (nSPS) is 11.3. The predicted molar refractivity (Wildman–Crippen MR) is 132 cm³/mol. The molecule has 7 nitrogen and oxygen atoms in total. The van der Waals surface area contributed by atoms with Gasteiger partial charge in [0.2, 0.25) is 0 Å². The van der Waals surface area contributed by atoms with Gasteiger partial charge in [0.25, 0.3) is 0 Å². The average Bonchev–Trinajstić information content (AvgIpc) is 3.50. The van der Waals surface area contributed by atoms with Crippen LogP contribution in [-0.2, 0) is 13.0 Å². The van der Waals surface area contributed by atoms with Crippen molar-refractivity contribution in [2.75, 3.05) is 0 Å². The molecular weight excluding hydrogens is 424 g/mol. The van der Waals surface area contributed by atoms with E-state index in [0.717, 1.165) is 40.2 Å². The highest BCUT2D eigenvalue weighted by atomic mass is 16.1. The van der Waals surface area contributed by atoms with Gasteiger partial charge >= 0.3 is 5.69 Å². The molecule has 0 spiro atoms. The van der Waals surface area contributed by atoms with Crippen LogP contribution in [0.2, 0.25) is 0 Å². The van der Waals surface area contributed by atoms with Crippen molar-refractivity contribution in [2.24, 2.45) is 5.92 Å². The largest absolute Gasteiger partial charge is 0.333 e. The second kappa shape index (κ2) is 9.31. The molecule has 3 aromatic carbocycles. The Morgan fingerprint density at radius 3 is 2.32 bits per heavy atom. The Labute approximate surface area is 197 Å². The second-order valence-corrected chi connectivity index (χ2v) is 8.76. The first kappa shape index (κ1) is 21.6. The van der Waals surface area contributed by atoms with Crippen molar-refractivity contribution in [3.63, 3.8) is 0 Å². The standard InChI is InChI=1S/C27H26N6O/c1-20(2)16-24-18-32(23-8-4-3-5-9-23)27(34)31(24)17-21-12-14-22(15-13-21)25-10-6-7-11-26(25)33-19-28-29-30-33/h3-15,18-20H,16-17H2,1-2H3. The molecule has 5 aromatic rings. The number of imidazole rings is 1. The molecule has 0 fully saturated rings. The molecule has 34 heavy (non-hydrogen) atoms. The molecule has 0 amide bonds. The van der Waals surface area contributed by atoms with Crippen molar-refractivity contribution in [3.8, 4) is 22.5 Å². The zero-order valence-corrected chi connectivity index (χ0v) is 19.2. The number of tetrazole rings is 1. The molecule has 2 heterocycles. The van der Waals surface area contributed by atoms with E-state index >= 15 is 0 Å².